The van der Waals surface area contributed by atoms with Gasteiger partial charge in [-0.25, -0.2) is 4.98 Å². The van der Waals surface area contributed by atoms with Gasteiger partial charge in [0.15, 0.2) is 0 Å². The first-order valence-electron chi connectivity index (χ1n) is 8.69. The third-order valence-corrected chi connectivity index (χ3v) is 4.40. The van der Waals surface area contributed by atoms with E-state index in [0.717, 1.165) is 41.1 Å². The molecule has 1 aliphatic rings. The first kappa shape index (κ1) is 15.7. The molecule has 4 rings (SSSR count). The summed E-state index contributed by atoms with van der Waals surface area (Å²) in [5.41, 5.74) is 3.51. The van der Waals surface area contributed by atoms with Crippen molar-refractivity contribution in [2.45, 2.75) is 32.7 Å². The first-order chi connectivity index (χ1) is 12.2. The van der Waals surface area contributed by atoms with Crippen molar-refractivity contribution >= 4 is 16.9 Å². The zero-order valence-electron chi connectivity index (χ0n) is 14.5. The van der Waals surface area contributed by atoms with Crippen molar-refractivity contribution in [2.24, 2.45) is 0 Å². The summed E-state index contributed by atoms with van der Waals surface area (Å²) in [4.78, 5) is 16.9. The topological polar surface area (TPSA) is 56.2 Å². The van der Waals surface area contributed by atoms with Crippen LogP contribution >= 0.6 is 0 Å². The third kappa shape index (κ3) is 3.09. The monoisotopic (exact) mass is 335 g/mol. The van der Waals surface area contributed by atoms with Crippen molar-refractivity contribution in [3.63, 3.8) is 0 Å². The number of amides is 1. The molecular weight excluding hydrogens is 314 g/mol. The van der Waals surface area contributed by atoms with Crippen LogP contribution < -0.4 is 10.1 Å². The second kappa shape index (κ2) is 6.24. The largest absolute Gasteiger partial charge is 0.494 e. The van der Waals surface area contributed by atoms with E-state index in [4.69, 9.17) is 4.74 Å². The van der Waals surface area contributed by atoms with Crippen molar-refractivity contribution in [3.8, 4) is 11.4 Å². The molecule has 5 heteroatoms. The van der Waals surface area contributed by atoms with Crippen LogP contribution in [-0.4, -0.2) is 28.1 Å². The Morgan fingerprint density at radius 3 is 2.68 bits per heavy atom. The van der Waals surface area contributed by atoms with Gasteiger partial charge in [0.25, 0.3) is 5.91 Å². The lowest BCUT2D eigenvalue weighted by molar-refractivity contribution is 0.0951. The predicted molar refractivity (Wildman–Crippen MR) is 97.5 cm³/mol. The quantitative estimate of drug-likeness (QED) is 0.775. The molecule has 1 amide bonds. The van der Waals surface area contributed by atoms with Gasteiger partial charge in [-0.2, -0.15) is 0 Å². The standard InChI is InChI=1S/C20H21N3O2/c1-3-25-17-9-7-16(8-10-17)23-13(2)21-18-12-14(4-11-19(18)23)20(24)22-15-5-6-15/h4,7-12,15H,3,5-6H2,1-2H3,(H,22,24). The summed E-state index contributed by atoms with van der Waals surface area (Å²) < 4.78 is 7.60. The highest BCUT2D eigenvalue weighted by Gasteiger charge is 2.24. The number of nitrogens with zero attached hydrogens (tertiary/aromatic N) is 2. The lowest BCUT2D eigenvalue weighted by atomic mass is 10.2. The molecule has 0 unspecified atom stereocenters. The molecule has 128 valence electrons. The molecule has 0 atom stereocenters. The normalized spacial score (nSPS) is 13.8. The van der Waals surface area contributed by atoms with Crippen molar-refractivity contribution in [1.82, 2.24) is 14.9 Å². The molecule has 0 radical (unpaired) electrons. The molecule has 0 bridgehead atoms. The molecule has 0 aliphatic heterocycles. The highest BCUT2D eigenvalue weighted by molar-refractivity contribution is 5.98. The number of benzene rings is 2. The molecule has 0 spiro atoms. The predicted octanol–water partition coefficient (Wildman–Crippen LogP) is 3.62. The van der Waals surface area contributed by atoms with Gasteiger partial charge in [-0.1, -0.05) is 0 Å². The lowest BCUT2D eigenvalue weighted by Crippen LogP contribution is -2.25. The average Bonchev–Trinajstić information content (AvgIpc) is 3.35. The average molecular weight is 335 g/mol. The number of carbonyl (C=O) groups excluding carboxylic acids is 1. The van der Waals surface area contributed by atoms with E-state index in [-0.39, 0.29) is 5.91 Å². The number of hydrogen-bond acceptors (Lipinski definition) is 3. The van der Waals surface area contributed by atoms with Gasteiger partial charge in [0.2, 0.25) is 0 Å². The number of imidazole rings is 1. The smallest absolute Gasteiger partial charge is 0.251 e. The Morgan fingerprint density at radius 1 is 1.24 bits per heavy atom. The Morgan fingerprint density at radius 2 is 2.00 bits per heavy atom. The van der Waals surface area contributed by atoms with Gasteiger partial charge < -0.3 is 10.1 Å². The maximum atomic E-state index is 12.2. The van der Waals surface area contributed by atoms with Gasteiger partial charge in [-0.3, -0.25) is 9.36 Å². The van der Waals surface area contributed by atoms with Gasteiger partial charge in [0.05, 0.1) is 17.6 Å². The van der Waals surface area contributed by atoms with E-state index < -0.39 is 0 Å². The Bertz CT molecular complexity index is 924. The molecule has 2 aromatic carbocycles. The fraction of sp³-hybridized carbons (Fsp3) is 0.300. The van der Waals surface area contributed by atoms with E-state index in [2.05, 4.69) is 14.9 Å². The molecule has 3 aromatic rings. The first-order valence-corrected chi connectivity index (χ1v) is 8.69. The lowest BCUT2D eigenvalue weighted by Gasteiger charge is -2.09. The van der Waals surface area contributed by atoms with Crippen LogP contribution in [0.15, 0.2) is 42.5 Å². The van der Waals surface area contributed by atoms with E-state index >= 15 is 0 Å². The van der Waals surface area contributed by atoms with Crippen LogP contribution in [0.2, 0.25) is 0 Å². The van der Waals surface area contributed by atoms with Crippen molar-refractivity contribution in [2.75, 3.05) is 6.61 Å². The molecule has 1 aliphatic carbocycles. The molecule has 1 aromatic heterocycles. The number of hydrogen-bond donors (Lipinski definition) is 1. The molecule has 5 nitrogen and oxygen atoms in total. The maximum absolute atomic E-state index is 12.2. The van der Waals surface area contributed by atoms with E-state index in [0.29, 0.717) is 18.2 Å². The summed E-state index contributed by atoms with van der Waals surface area (Å²) >= 11 is 0. The number of ether oxygens (including phenoxy) is 1. The number of aryl methyl sites for hydroxylation is 1. The van der Waals surface area contributed by atoms with Crippen molar-refractivity contribution < 1.29 is 9.53 Å². The van der Waals surface area contributed by atoms with Gasteiger partial charge >= 0.3 is 0 Å². The minimum atomic E-state index is -0.0160. The molecule has 1 heterocycles. The Labute approximate surface area is 146 Å². The fourth-order valence-corrected chi connectivity index (χ4v) is 3.02. The van der Waals surface area contributed by atoms with E-state index in [1.54, 1.807) is 0 Å². The van der Waals surface area contributed by atoms with Crippen LogP contribution in [-0.2, 0) is 0 Å². The van der Waals surface area contributed by atoms with Gasteiger partial charge in [0.1, 0.15) is 11.6 Å². The van der Waals surface area contributed by atoms with Crippen LogP contribution in [0.3, 0.4) is 0 Å². The van der Waals surface area contributed by atoms with Crippen LogP contribution in [0.25, 0.3) is 16.7 Å². The second-order valence-electron chi connectivity index (χ2n) is 6.37. The Balaban J connectivity index is 1.69. The van der Waals surface area contributed by atoms with E-state index in [1.807, 2.05) is 56.3 Å². The second-order valence-corrected chi connectivity index (χ2v) is 6.37. The molecule has 1 saturated carbocycles. The Hall–Kier alpha value is -2.82. The van der Waals surface area contributed by atoms with Crippen molar-refractivity contribution in [3.05, 3.63) is 53.9 Å². The molecule has 25 heavy (non-hydrogen) atoms. The maximum Gasteiger partial charge on any atom is 0.251 e. The summed E-state index contributed by atoms with van der Waals surface area (Å²) in [6.45, 7) is 4.59. The summed E-state index contributed by atoms with van der Waals surface area (Å²) in [5, 5.41) is 3.02. The minimum absolute atomic E-state index is 0.0160. The molecular formula is C20H21N3O2. The molecule has 1 N–H and O–H groups in total. The van der Waals surface area contributed by atoms with E-state index in [9.17, 15) is 4.79 Å². The SMILES string of the molecule is CCOc1ccc(-n2c(C)nc3cc(C(=O)NC4CC4)ccc32)cc1. The Kier molecular flexibility index (Phi) is 3.92. The summed E-state index contributed by atoms with van der Waals surface area (Å²) in [7, 11) is 0. The number of aromatic nitrogens is 2. The minimum Gasteiger partial charge on any atom is -0.494 e. The molecule has 0 saturated heterocycles. The summed E-state index contributed by atoms with van der Waals surface area (Å²) in [5.74, 6) is 1.73. The third-order valence-electron chi connectivity index (χ3n) is 4.40. The van der Waals surface area contributed by atoms with Crippen LogP contribution in [0.4, 0.5) is 0 Å². The van der Waals surface area contributed by atoms with Gasteiger partial charge in [0, 0.05) is 17.3 Å². The summed E-state index contributed by atoms with van der Waals surface area (Å²) in [6, 6.07) is 14.0. The van der Waals surface area contributed by atoms with Crippen LogP contribution in [0, 0.1) is 6.92 Å². The van der Waals surface area contributed by atoms with E-state index in [1.165, 1.54) is 0 Å². The number of nitrogens with one attached hydrogen (secondary N) is 1. The zero-order chi connectivity index (χ0) is 17.4. The zero-order valence-corrected chi connectivity index (χ0v) is 14.5. The van der Waals surface area contributed by atoms with Crippen LogP contribution in [0.1, 0.15) is 35.9 Å². The number of rotatable bonds is 5. The molecule has 1 fully saturated rings. The van der Waals surface area contributed by atoms with Gasteiger partial charge in [-0.05, 0) is 69.2 Å². The van der Waals surface area contributed by atoms with Crippen molar-refractivity contribution in [1.29, 1.82) is 0 Å². The highest BCUT2D eigenvalue weighted by Crippen LogP contribution is 2.25. The summed E-state index contributed by atoms with van der Waals surface area (Å²) in [6.07, 6.45) is 2.17. The van der Waals surface area contributed by atoms with Crippen LogP contribution in [0.5, 0.6) is 5.75 Å². The highest BCUT2D eigenvalue weighted by atomic mass is 16.5. The van der Waals surface area contributed by atoms with Gasteiger partial charge in [-0.15, -0.1) is 0 Å². The number of carbonyl (C=O) groups is 1. The number of fused-ring (bicyclic) bond motifs is 1. The fourth-order valence-electron chi connectivity index (χ4n) is 3.02.